The summed E-state index contributed by atoms with van der Waals surface area (Å²) in [4.78, 5) is 12.5. The summed E-state index contributed by atoms with van der Waals surface area (Å²) in [6.45, 7) is 0.286. The molecule has 0 radical (unpaired) electrons. The van der Waals surface area contributed by atoms with Gasteiger partial charge in [0, 0.05) is 24.4 Å². The van der Waals surface area contributed by atoms with Crippen LogP contribution in [0, 0.1) is 0 Å². The maximum Gasteiger partial charge on any atom is 0.272 e. The first-order valence-electron chi connectivity index (χ1n) is 8.05. The predicted octanol–water partition coefficient (Wildman–Crippen LogP) is 2.48. The molecule has 0 saturated carbocycles. The highest BCUT2D eigenvalue weighted by Gasteiger charge is 2.23. The summed E-state index contributed by atoms with van der Waals surface area (Å²) in [5, 5.41) is 11.2. The van der Waals surface area contributed by atoms with Gasteiger partial charge in [0.05, 0.1) is 12.8 Å². The van der Waals surface area contributed by atoms with Crippen LogP contribution in [-0.2, 0) is 26.4 Å². The molecule has 0 aromatic carbocycles. The number of nitrogens with zero attached hydrogens (tertiary/aromatic N) is 3. The normalized spacial score (nSPS) is 13.7. The van der Waals surface area contributed by atoms with Gasteiger partial charge in [-0.15, -0.1) is 0 Å². The fourth-order valence-electron chi connectivity index (χ4n) is 3.14. The quantitative estimate of drug-likeness (QED) is 0.796. The van der Waals surface area contributed by atoms with Crippen LogP contribution in [-0.4, -0.2) is 20.8 Å². The van der Waals surface area contributed by atoms with Crippen molar-refractivity contribution < 1.29 is 13.7 Å². The Morgan fingerprint density at radius 3 is 3.04 bits per heavy atom. The smallest absolute Gasteiger partial charge is 0.272 e. The standard InChI is InChI=1S/C17H18N4O3/c1-21-13-6-3-2-5-12(13)16(19-21)17(22)18-10-11-9-15(24-20-11)14-7-4-8-23-14/h4,7-9H,2-3,5-6,10H2,1H3,(H,18,22). The van der Waals surface area contributed by atoms with Crippen molar-refractivity contribution in [2.45, 2.75) is 32.2 Å². The van der Waals surface area contributed by atoms with Gasteiger partial charge >= 0.3 is 0 Å². The molecule has 1 aliphatic carbocycles. The molecule has 1 amide bonds. The Bertz CT molecular complexity index is 861. The van der Waals surface area contributed by atoms with E-state index in [-0.39, 0.29) is 12.5 Å². The van der Waals surface area contributed by atoms with Crippen LogP contribution in [0.3, 0.4) is 0 Å². The number of carbonyl (C=O) groups is 1. The largest absolute Gasteiger partial charge is 0.461 e. The van der Waals surface area contributed by atoms with Gasteiger partial charge < -0.3 is 14.3 Å². The molecule has 24 heavy (non-hydrogen) atoms. The molecular formula is C17H18N4O3. The van der Waals surface area contributed by atoms with E-state index in [9.17, 15) is 4.79 Å². The third-order valence-electron chi connectivity index (χ3n) is 4.33. The first-order valence-corrected chi connectivity index (χ1v) is 8.05. The molecule has 0 fully saturated rings. The van der Waals surface area contributed by atoms with Crippen molar-refractivity contribution in [2.24, 2.45) is 7.05 Å². The number of aryl methyl sites for hydroxylation is 1. The van der Waals surface area contributed by atoms with Gasteiger partial charge in [0.2, 0.25) is 5.76 Å². The number of carbonyl (C=O) groups excluding carboxylic acids is 1. The lowest BCUT2D eigenvalue weighted by Gasteiger charge is -2.12. The van der Waals surface area contributed by atoms with Crippen LogP contribution in [0.5, 0.6) is 0 Å². The number of rotatable bonds is 4. The van der Waals surface area contributed by atoms with E-state index < -0.39 is 0 Å². The lowest BCUT2D eigenvalue weighted by molar-refractivity contribution is 0.0943. The molecular weight excluding hydrogens is 308 g/mol. The lowest BCUT2D eigenvalue weighted by Crippen LogP contribution is -2.24. The second kappa shape index (κ2) is 5.99. The summed E-state index contributed by atoms with van der Waals surface area (Å²) in [6.07, 6.45) is 5.74. The number of fused-ring (bicyclic) bond motifs is 1. The molecule has 0 spiro atoms. The number of aromatic nitrogens is 3. The topological polar surface area (TPSA) is 86.1 Å². The van der Waals surface area contributed by atoms with Crippen LogP contribution in [0.2, 0.25) is 0 Å². The second-order valence-corrected chi connectivity index (χ2v) is 5.95. The van der Waals surface area contributed by atoms with Crippen LogP contribution in [0.25, 0.3) is 11.5 Å². The van der Waals surface area contributed by atoms with Crippen LogP contribution in [0.4, 0.5) is 0 Å². The Kier molecular flexibility index (Phi) is 3.68. The van der Waals surface area contributed by atoms with Gasteiger partial charge in [-0.1, -0.05) is 5.16 Å². The number of furan rings is 1. The molecule has 1 aliphatic rings. The van der Waals surface area contributed by atoms with E-state index in [1.54, 1.807) is 24.5 Å². The van der Waals surface area contributed by atoms with Crippen molar-refractivity contribution in [2.75, 3.05) is 0 Å². The Morgan fingerprint density at radius 2 is 2.21 bits per heavy atom. The Hall–Kier alpha value is -2.83. The van der Waals surface area contributed by atoms with Gasteiger partial charge in [-0.3, -0.25) is 9.48 Å². The molecule has 0 aliphatic heterocycles. The highest BCUT2D eigenvalue weighted by molar-refractivity contribution is 5.94. The summed E-state index contributed by atoms with van der Waals surface area (Å²) in [7, 11) is 1.90. The minimum atomic E-state index is -0.170. The number of hydrogen-bond donors (Lipinski definition) is 1. The lowest BCUT2D eigenvalue weighted by atomic mass is 9.95. The van der Waals surface area contributed by atoms with E-state index in [2.05, 4.69) is 15.6 Å². The molecule has 0 saturated heterocycles. The zero-order valence-corrected chi connectivity index (χ0v) is 13.4. The van der Waals surface area contributed by atoms with Gasteiger partial charge in [0.25, 0.3) is 5.91 Å². The van der Waals surface area contributed by atoms with Gasteiger partial charge in [0.15, 0.2) is 11.5 Å². The third kappa shape index (κ3) is 2.62. The molecule has 7 nitrogen and oxygen atoms in total. The van der Waals surface area contributed by atoms with E-state index in [4.69, 9.17) is 8.94 Å². The highest BCUT2D eigenvalue weighted by Crippen LogP contribution is 2.24. The van der Waals surface area contributed by atoms with E-state index in [0.717, 1.165) is 31.2 Å². The summed E-state index contributed by atoms with van der Waals surface area (Å²) in [5.41, 5.74) is 3.42. The molecule has 3 aromatic heterocycles. The third-order valence-corrected chi connectivity index (χ3v) is 4.33. The summed E-state index contributed by atoms with van der Waals surface area (Å²) >= 11 is 0. The van der Waals surface area contributed by atoms with Gasteiger partial charge in [-0.25, -0.2) is 0 Å². The Morgan fingerprint density at radius 1 is 1.33 bits per heavy atom. The van der Waals surface area contributed by atoms with Crippen LogP contribution >= 0.6 is 0 Å². The highest BCUT2D eigenvalue weighted by atomic mass is 16.5. The van der Waals surface area contributed by atoms with Crippen molar-refractivity contribution in [3.63, 3.8) is 0 Å². The zero-order chi connectivity index (χ0) is 16.5. The van der Waals surface area contributed by atoms with E-state index in [0.29, 0.717) is 22.9 Å². The van der Waals surface area contributed by atoms with Crippen molar-refractivity contribution in [3.8, 4) is 11.5 Å². The molecule has 4 rings (SSSR count). The monoisotopic (exact) mass is 326 g/mol. The average molecular weight is 326 g/mol. The van der Waals surface area contributed by atoms with Crippen LogP contribution in [0.1, 0.15) is 40.3 Å². The van der Waals surface area contributed by atoms with Crippen LogP contribution < -0.4 is 5.32 Å². The van der Waals surface area contributed by atoms with E-state index in [1.807, 2.05) is 11.7 Å². The average Bonchev–Trinajstić information content (AvgIpc) is 3.33. The van der Waals surface area contributed by atoms with Crippen molar-refractivity contribution in [1.82, 2.24) is 20.3 Å². The molecule has 1 N–H and O–H groups in total. The maximum absolute atomic E-state index is 12.5. The van der Waals surface area contributed by atoms with Crippen molar-refractivity contribution >= 4 is 5.91 Å². The SMILES string of the molecule is Cn1nc(C(=O)NCc2cc(-c3ccco3)on2)c2c1CCCC2. The molecule has 0 bridgehead atoms. The summed E-state index contributed by atoms with van der Waals surface area (Å²) < 4.78 is 12.3. The minimum absolute atomic E-state index is 0.170. The first kappa shape index (κ1) is 14.7. The van der Waals surface area contributed by atoms with E-state index in [1.165, 1.54) is 5.69 Å². The van der Waals surface area contributed by atoms with Gasteiger partial charge in [0.1, 0.15) is 5.69 Å². The fraction of sp³-hybridized carbons (Fsp3) is 0.353. The summed E-state index contributed by atoms with van der Waals surface area (Å²) in [6, 6.07) is 5.33. The maximum atomic E-state index is 12.5. The van der Waals surface area contributed by atoms with Gasteiger partial charge in [-0.2, -0.15) is 5.10 Å². The predicted molar refractivity (Wildman–Crippen MR) is 85.2 cm³/mol. The van der Waals surface area contributed by atoms with Crippen molar-refractivity contribution in [3.05, 3.63) is 47.1 Å². The fourth-order valence-corrected chi connectivity index (χ4v) is 3.14. The first-order chi connectivity index (χ1) is 11.7. The molecule has 3 heterocycles. The minimum Gasteiger partial charge on any atom is -0.461 e. The Labute approximate surface area is 138 Å². The number of hydrogen-bond acceptors (Lipinski definition) is 5. The number of nitrogens with one attached hydrogen (secondary N) is 1. The molecule has 0 unspecified atom stereocenters. The van der Waals surface area contributed by atoms with Crippen LogP contribution in [0.15, 0.2) is 33.4 Å². The molecule has 0 atom stereocenters. The zero-order valence-electron chi connectivity index (χ0n) is 13.4. The molecule has 3 aromatic rings. The van der Waals surface area contributed by atoms with Crippen molar-refractivity contribution in [1.29, 1.82) is 0 Å². The molecule has 124 valence electrons. The second-order valence-electron chi connectivity index (χ2n) is 5.95. The number of amides is 1. The molecule has 7 heteroatoms. The summed E-state index contributed by atoms with van der Waals surface area (Å²) in [5.74, 6) is 0.981. The van der Waals surface area contributed by atoms with E-state index >= 15 is 0 Å². The Balaban J connectivity index is 1.46. The van der Waals surface area contributed by atoms with Gasteiger partial charge in [-0.05, 0) is 37.8 Å².